The molecule has 0 saturated carbocycles. The normalized spacial score (nSPS) is 11.8. The molecule has 2 aromatic heterocycles. The zero-order chi connectivity index (χ0) is 13.9. The van der Waals surface area contributed by atoms with Gasteiger partial charge in [-0.25, -0.2) is 4.98 Å². The van der Waals surface area contributed by atoms with Crippen molar-refractivity contribution in [2.45, 2.75) is 13.8 Å². The van der Waals surface area contributed by atoms with Gasteiger partial charge >= 0.3 is 0 Å². The van der Waals surface area contributed by atoms with E-state index in [1.807, 2.05) is 18.3 Å². The van der Waals surface area contributed by atoms with Gasteiger partial charge in [0.25, 0.3) is 0 Å². The van der Waals surface area contributed by atoms with Crippen molar-refractivity contribution in [2.75, 3.05) is 0 Å². The van der Waals surface area contributed by atoms with E-state index >= 15 is 0 Å². The molecule has 0 fully saturated rings. The van der Waals surface area contributed by atoms with Crippen LogP contribution in [0.1, 0.15) is 11.1 Å². The highest BCUT2D eigenvalue weighted by atomic mass is 35.5. The molecule has 0 radical (unpaired) electrons. The first kappa shape index (κ1) is 11.7. The number of halogens is 1. The minimum atomic E-state index is 0.649. The molecule has 4 rings (SSSR count). The van der Waals surface area contributed by atoms with Crippen molar-refractivity contribution in [2.24, 2.45) is 0 Å². The SMILES string of the molecule is Cc1c2cc(Cl)[nH]cc2c(C)c2c1nc1ccccc12. The van der Waals surface area contributed by atoms with Crippen LogP contribution < -0.4 is 0 Å². The van der Waals surface area contributed by atoms with Crippen LogP contribution in [0.4, 0.5) is 0 Å². The highest BCUT2D eigenvalue weighted by molar-refractivity contribution is 6.30. The molecule has 2 aromatic carbocycles. The van der Waals surface area contributed by atoms with Crippen LogP contribution in [0.3, 0.4) is 0 Å². The molecular formula is C17H13ClN2. The summed E-state index contributed by atoms with van der Waals surface area (Å²) in [4.78, 5) is 7.89. The number of aromatic amines is 1. The quantitative estimate of drug-likeness (QED) is 0.444. The summed E-state index contributed by atoms with van der Waals surface area (Å²) in [6.07, 6.45) is 1.99. The van der Waals surface area contributed by atoms with Crippen LogP contribution in [0.25, 0.3) is 32.6 Å². The van der Waals surface area contributed by atoms with E-state index in [4.69, 9.17) is 16.6 Å². The third-order valence-electron chi connectivity index (χ3n) is 4.10. The number of aromatic nitrogens is 2. The Balaban J connectivity index is 2.36. The van der Waals surface area contributed by atoms with E-state index in [2.05, 4.69) is 37.0 Å². The highest BCUT2D eigenvalue weighted by Gasteiger charge is 2.14. The van der Waals surface area contributed by atoms with Crippen molar-refractivity contribution in [3.8, 4) is 0 Å². The Morgan fingerprint density at radius 3 is 2.65 bits per heavy atom. The molecule has 3 heteroatoms. The highest BCUT2D eigenvalue weighted by Crippen LogP contribution is 2.36. The van der Waals surface area contributed by atoms with Crippen molar-refractivity contribution in [1.29, 1.82) is 0 Å². The largest absolute Gasteiger partial charge is 0.352 e. The first-order chi connectivity index (χ1) is 9.66. The molecule has 98 valence electrons. The molecular weight excluding hydrogens is 268 g/mol. The molecule has 2 heterocycles. The third-order valence-corrected chi connectivity index (χ3v) is 4.31. The van der Waals surface area contributed by atoms with E-state index in [0.717, 1.165) is 11.0 Å². The third kappa shape index (κ3) is 1.43. The van der Waals surface area contributed by atoms with Gasteiger partial charge in [0.1, 0.15) is 5.15 Å². The number of fused-ring (bicyclic) bond motifs is 4. The molecule has 4 aromatic rings. The Kier molecular flexibility index (Phi) is 2.33. The lowest BCUT2D eigenvalue weighted by atomic mass is 9.97. The fourth-order valence-electron chi connectivity index (χ4n) is 3.09. The summed E-state index contributed by atoms with van der Waals surface area (Å²) in [5.41, 5.74) is 4.58. The Labute approximate surface area is 121 Å². The first-order valence-electron chi connectivity index (χ1n) is 6.62. The molecule has 0 spiro atoms. The van der Waals surface area contributed by atoms with E-state index in [-0.39, 0.29) is 0 Å². The second-order valence-electron chi connectivity index (χ2n) is 5.21. The maximum Gasteiger partial charge on any atom is 0.106 e. The van der Waals surface area contributed by atoms with E-state index in [1.54, 1.807) is 0 Å². The van der Waals surface area contributed by atoms with Crippen LogP contribution in [0, 0.1) is 13.8 Å². The molecule has 20 heavy (non-hydrogen) atoms. The zero-order valence-corrected chi connectivity index (χ0v) is 12.0. The van der Waals surface area contributed by atoms with Gasteiger partial charge in [-0.2, -0.15) is 0 Å². The smallest absolute Gasteiger partial charge is 0.106 e. The number of hydrogen-bond acceptors (Lipinski definition) is 1. The maximum atomic E-state index is 6.10. The zero-order valence-electron chi connectivity index (χ0n) is 11.3. The van der Waals surface area contributed by atoms with E-state index < -0.39 is 0 Å². The summed E-state index contributed by atoms with van der Waals surface area (Å²) in [6.45, 7) is 4.27. The standard InChI is InChI=1S/C17H13ClN2/c1-9-13-8-19-15(18)7-12(13)10(2)17-16(9)11-5-3-4-6-14(11)20-17/h3-8,19H,1-2H3. The number of benzene rings is 2. The molecule has 0 unspecified atom stereocenters. The predicted octanol–water partition coefficient (Wildman–Crippen LogP) is 5.14. The molecule has 0 atom stereocenters. The monoisotopic (exact) mass is 280 g/mol. The number of para-hydroxylation sites is 1. The topological polar surface area (TPSA) is 28.7 Å². The molecule has 2 nitrogen and oxygen atoms in total. The fraction of sp³-hybridized carbons (Fsp3) is 0.118. The Morgan fingerprint density at radius 1 is 1.00 bits per heavy atom. The lowest BCUT2D eigenvalue weighted by molar-refractivity contribution is 1.35. The Hall–Kier alpha value is -2.06. The first-order valence-corrected chi connectivity index (χ1v) is 7.00. The summed E-state index contributed by atoms with van der Waals surface area (Å²) >= 11 is 6.10. The van der Waals surface area contributed by atoms with Crippen molar-refractivity contribution in [3.63, 3.8) is 0 Å². The van der Waals surface area contributed by atoms with Crippen molar-refractivity contribution in [3.05, 3.63) is 52.8 Å². The number of hydrogen-bond donors (Lipinski definition) is 1. The second-order valence-corrected chi connectivity index (χ2v) is 5.62. The lowest BCUT2D eigenvalue weighted by Gasteiger charge is -2.09. The van der Waals surface area contributed by atoms with Crippen LogP contribution in [-0.2, 0) is 0 Å². The minimum absolute atomic E-state index is 0.649. The van der Waals surface area contributed by atoms with Gasteiger partial charge in [-0.15, -0.1) is 0 Å². The van der Waals surface area contributed by atoms with E-state index in [9.17, 15) is 0 Å². The van der Waals surface area contributed by atoms with Crippen molar-refractivity contribution < 1.29 is 0 Å². The molecule has 0 amide bonds. The van der Waals surface area contributed by atoms with Gasteiger partial charge in [-0.3, -0.25) is 0 Å². The Morgan fingerprint density at radius 2 is 1.80 bits per heavy atom. The van der Waals surface area contributed by atoms with Crippen molar-refractivity contribution in [1.82, 2.24) is 9.97 Å². The summed E-state index contributed by atoms with van der Waals surface area (Å²) in [6, 6.07) is 10.3. The summed E-state index contributed by atoms with van der Waals surface area (Å²) < 4.78 is 0. The van der Waals surface area contributed by atoms with E-state index in [0.29, 0.717) is 5.15 Å². The van der Waals surface area contributed by atoms with Gasteiger partial charge in [0.05, 0.1) is 11.0 Å². The van der Waals surface area contributed by atoms with Crippen LogP contribution in [0.5, 0.6) is 0 Å². The van der Waals surface area contributed by atoms with Crippen LogP contribution in [0.2, 0.25) is 5.15 Å². The van der Waals surface area contributed by atoms with Gasteiger partial charge in [-0.05, 0) is 42.5 Å². The second kappa shape index (κ2) is 3.97. The average molecular weight is 281 g/mol. The maximum absolute atomic E-state index is 6.10. The molecule has 0 aliphatic carbocycles. The van der Waals surface area contributed by atoms with Gasteiger partial charge < -0.3 is 4.98 Å². The molecule has 0 saturated heterocycles. The molecule has 1 N–H and O–H groups in total. The number of aryl methyl sites for hydroxylation is 2. The van der Waals surface area contributed by atoms with Crippen LogP contribution in [0.15, 0.2) is 36.5 Å². The number of pyridine rings is 1. The van der Waals surface area contributed by atoms with Crippen LogP contribution >= 0.6 is 11.6 Å². The summed E-state index contributed by atoms with van der Waals surface area (Å²) in [5, 5.41) is 5.50. The van der Waals surface area contributed by atoms with Crippen LogP contribution in [-0.4, -0.2) is 9.97 Å². The van der Waals surface area contributed by atoms with Gasteiger partial charge in [0, 0.05) is 22.4 Å². The number of nitrogens with one attached hydrogen (secondary N) is 1. The van der Waals surface area contributed by atoms with Gasteiger partial charge in [-0.1, -0.05) is 29.8 Å². The fourth-order valence-corrected chi connectivity index (χ4v) is 3.25. The van der Waals surface area contributed by atoms with E-state index in [1.165, 1.54) is 32.7 Å². The van der Waals surface area contributed by atoms with Gasteiger partial charge in [0.2, 0.25) is 0 Å². The predicted molar refractivity (Wildman–Crippen MR) is 85.6 cm³/mol. The number of nitrogens with zero attached hydrogens (tertiary/aromatic N) is 1. The number of rotatable bonds is 0. The summed E-state index contributed by atoms with van der Waals surface area (Å²) in [5.74, 6) is 0. The number of H-pyrrole nitrogens is 1. The van der Waals surface area contributed by atoms with Gasteiger partial charge in [0.15, 0.2) is 0 Å². The molecule has 0 aliphatic rings. The van der Waals surface area contributed by atoms with Crippen molar-refractivity contribution >= 4 is 44.2 Å². The molecule has 0 bridgehead atoms. The lowest BCUT2D eigenvalue weighted by Crippen LogP contribution is -1.88. The molecule has 0 aliphatic heterocycles. The average Bonchev–Trinajstić information content (AvgIpc) is 2.84. The summed E-state index contributed by atoms with van der Waals surface area (Å²) in [7, 11) is 0. The Bertz CT molecular complexity index is 983. The minimum Gasteiger partial charge on any atom is -0.352 e.